The van der Waals surface area contributed by atoms with Gasteiger partial charge in [-0.25, -0.2) is 0 Å². The van der Waals surface area contributed by atoms with Crippen LogP contribution in [-0.2, 0) is 0 Å². The number of aryl methyl sites for hydroxylation is 1. The molecule has 0 N–H and O–H groups in total. The van der Waals surface area contributed by atoms with E-state index in [0.717, 1.165) is 6.07 Å². The lowest BCUT2D eigenvalue weighted by Crippen LogP contribution is -1.97. The highest BCUT2D eigenvalue weighted by Crippen LogP contribution is 2.26. The van der Waals surface area contributed by atoms with Crippen LogP contribution >= 0.6 is 0 Å². The van der Waals surface area contributed by atoms with Crippen LogP contribution in [0.15, 0.2) is 48.5 Å². The molecule has 7 heteroatoms. The molecule has 0 aliphatic carbocycles. The van der Waals surface area contributed by atoms with Crippen LogP contribution in [0.5, 0.6) is 0 Å². The summed E-state index contributed by atoms with van der Waals surface area (Å²) in [5, 5.41) is 20.6. The summed E-state index contributed by atoms with van der Waals surface area (Å²) in [5.74, 6) is -1.07. The molecule has 0 aliphatic rings. The zero-order valence-electron chi connectivity index (χ0n) is 10.5. The smallest absolute Gasteiger partial charge is 0.258 e. The summed E-state index contributed by atoms with van der Waals surface area (Å²) in [5.41, 5.74) is -1.29. The molecule has 0 radical (unpaired) electrons. The minimum absolute atomic E-state index is 0.0538. The van der Waals surface area contributed by atoms with Crippen LogP contribution in [0, 0.1) is 33.0 Å². The highest BCUT2D eigenvalue weighted by atomic mass is 19.1. The molecule has 0 spiro atoms. The van der Waals surface area contributed by atoms with Gasteiger partial charge in [0.25, 0.3) is 5.69 Å². The summed E-state index contributed by atoms with van der Waals surface area (Å²) < 4.78 is 12.9. The fourth-order valence-electron chi connectivity index (χ4n) is 1.37. The van der Waals surface area contributed by atoms with E-state index in [9.17, 15) is 24.6 Å². The minimum Gasteiger partial charge on any atom is -0.258 e. The van der Waals surface area contributed by atoms with Gasteiger partial charge in [-0.1, -0.05) is 36.4 Å². The van der Waals surface area contributed by atoms with Crippen LogP contribution in [0.1, 0.15) is 5.56 Å². The van der Waals surface area contributed by atoms with Crippen LogP contribution in [0.2, 0.25) is 0 Å². The summed E-state index contributed by atoms with van der Waals surface area (Å²) in [6, 6.07) is 13.4. The van der Waals surface area contributed by atoms with Gasteiger partial charge in [0.15, 0.2) is 0 Å². The van der Waals surface area contributed by atoms with Crippen molar-refractivity contribution >= 4 is 11.4 Å². The predicted octanol–water partition coefficient (Wildman–Crippen LogP) is 3.64. The number of hydrogen-bond donors (Lipinski definition) is 0. The van der Waals surface area contributed by atoms with Crippen molar-refractivity contribution in [3.63, 3.8) is 0 Å². The first-order chi connectivity index (χ1) is 9.43. The second-order valence-corrected chi connectivity index (χ2v) is 3.76. The average Bonchev–Trinajstić information content (AvgIpc) is 2.40. The van der Waals surface area contributed by atoms with Crippen LogP contribution in [0.3, 0.4) is 0 Å². The molecule has 0 saturated carbocycles. The third kappa shape index (κ3) is 4.13. The number of benzene rings is 2. The SMILES string of the molecule is Cc1cc(F)c([N+](=O)[O-])cc1[N+](=O)[O-].c1ccccc1. The molecule has 0 bridgehead atoms. The molecule has 6 nitrogen and oxygen atoms in total. The Morgan fingerprint density at radius 3 is 1.60 bits per heavy atom. The maximum atomic E-state index is 12.9. The highest BCUT2D eigenvalue weighted by molar-refractivity contribution is 5.49. The number of rotatable bonds is 2. The topological polar surface area (TPSA) is 86.3 Å². The number of halogens is 1. The first-order valence-corrected chi connectivity index (χ1v) is 5.52. The fraction of sp³-hybridized carbons (Fsp3) is 0.0769. The van der Waals surface area contributed by atoms with Gasteiger partial charge in [0.05, 0.1) is 15.9 Å². The van der Waals surface area contributed by atoms with E-state index in [1.165, 1.54) is 6.92 Å². The molecule has 0 saturated heterocycles. The zero-order valence-corrected chi connectivity index (χ0v) is 10.5. The van der Waals surface area contributed by atoms with Crippen molar-refractivity contribution in [2.75, 3.05) is 0 Å². The molecule has 2 aromatic carbocycles. The van der Waals surface area contributed by atoms with Gasteiger partial charge in [-0.05, 0) is 13.0 Å². The van der Waals surface area contributed by atoms with Gasteiger partial charge in [0, 0.05) is 5.56 Å². The number of nitro groups is 2. The highest BCUT2D eigenvalue weighted by Gasteiger charge is 2.22. The molecule has 0 aliphatic heterocycles. The van der Waals surface area contributed by atoms with Crippen LogP contribution in [-0.4, -0.2) is 9.85 Å². The Hall–Kier alpha value is -2.83. The lowest BCUT2D eigenvalue weighted by Gasteiger charge is -1.97. The maximum Gasteiger partial charge on any atom is 0.311 e. The molecule has 2 aromatic rings. The average molecular weight is 278 g/mol. The van der Waals surface area contributed by atoms with Crippen molar-refractivity contribution in [2.45, 2.75) is 6.92 Å². The van der Waals surface area contributed by atoms with Crippen molar-refractivity contribution in [1.82, 2.24) is 0 Å². The quantitative estimate of drug-likeness (QED) is 0.619. The molecular weight excluding hydrogens is 267 g/mol. The van der Waals surface area contributed by atoms with Crippen LogP contribution < -0.4 is 0 Å². The molecule has 20 heavy (non-hydrogen) atoms. The van der Waals surface area contributed by atoms with Crippen molar-refractivity contribution in [3.8, 4) is 0 Å². The van der Waals surface area contributed by atoms with Gasteiger partial charge in [-0.3, -0.25) is 20.2 Å². The Labute approximate surface area is 113 Å². The van der Waals surface area contributed by atoms with E-state index < -0.39 is 27.0 Å². The summed E-state index contributed by atoms with van der Waals surface area (Å²) in [6.07, 6.45) is 0. The Kier molecular flexibility index (Phi) is 5.28. The normalized spacial score (nSPS) is 9.30. The molecule has 0 heterocycles. The van der Waals surface area contributed by atoms with Gasteiger partial charge < -0.3 is 0 Å². The third-order valence-electron chi connectivity index (χ3n) is 2.33. The minimum atomic E-state index is -1.07. The van der Waals surface area contributed by atoms with Crippen LogP contribution in [0.25, 0.3) is 0 Å². The van der Waals surface area contributed by atoms with Crippen molar-refractivity contribution < 1.29 is 14.2 Å². The molecule has 0 atom stereocenters. The summed E-state index contributed by atoms with van der Waals surface area (Å²) in [6.45, 7) is 1.31. The molecule has 0 amide bonds. The van der Waals surface area contributed by atoms with Gasteiger partial charge in [0.1, 0.15) is 0 Å². The standard InChI is InChI=1S/C7H5FN2O4.C6H6/c1-4-2-5(8)7(10(13)14)3-6(4)9(11)12;1-2-4-6-5-3-1/h2-3H,1H3;1-6H. The van der Waals surface area contributed by atoms with Crippen LogP contribution in [0.4, 0.5) is 15.8 Å². The number of hydrogen-bond acceptors (Lipinski definition) is 4. The Balaban J connectivity index is 0.000000276. The lowest BCUT2D eigenvalue weighted by molar-refractivity contribution is -0.396. The zero-order chi connectivity index (χ0) is 15.1. The fourth-order valence-corrected chi connectivity index (χ4v) is 1.37. The molecule has 2 rings (SSSR count). The first kappa shape index (κ1) is 15.2. The van der Waals surface area contributed by atoms with Gasteiger partial charge >= 0.3 is 5.69 Å². The van der Waals surface area contributed by atoms with E-state index >= 15 is 0 Å². The monoisotopic (exact) mass is 278 g/mol. The second kappa shape index (κ2) is 6.93. The van der Waals surface area contributed by atoms with Crippen molar-refractivity contribution in [3.05, 3.63) is 80.1 Å². The lowest BCUT2D eigenvalue weighted by atomic mass is 10.2. The largest absolute Gasteiger partial charge is 0.311 e. The summed E-state index contributed by atoms with van der Waals surface area (Å²) in [7, 11) is 0. The molecule has 0 fully saturated rings. The van der Waals surface area contributed by atoms with Crippen molar-refractivity contribution in [2.24, 2.45) is 0 Å². The molecule has 104 valence electrons. The van der Waals surface area contributed by atoms with E-state index in [-0.39, 0.29) is 5.56 Å². The summed E-state index contributed by atoms with van der Waals surface area (Å²) in [4.78, 5) is 18.8. The third-order valence-corrected chi connectivity index (χ3v) is 2.33. The van der Waals surface area contributed by atoms with E-state index in [1.54, 1.807) is 0 Å². The Morgan fingerprint density at radius 1 is 0.850 bits per heavy atom. The predicted molar refractivity (Wildman–Crippen MR) is 70.9 cm³/mol. The number of nitrogens with zero attached hydrogens (tertiary/aromatic N) is 2. The van der Waals surface area contributed by atoms with E-state index in [0.29, 0.717) is 6.07 Å². The van der Waals surface area contributed by atoms with Gasteiger partial charge in [-0.15, -0.1) is 0 Å². The Morgan fingerprint density at radius 2 is 1.25 bits per heavy atom. The van der Waals surface area contributed by atoms with Crippen molar-refractivity contribution in [1.29, 1.82) is 0 Å². The van der Waals surface area contributed by atoms with E-state index in [4.69, 9.17) is 0 Å². The molecular formula is C13H11FN2O4. The second-order valence-electron chi connectivity index (χ2n) is 3.76. The Bertz CT molecular complexity index is 555. The van der Waals surface area contributed by atoms with Gasteiger partial charge in [0.2, 0.25) is 5.82 Å². The molecule has 0 unspecified atom stereocenters. The van der Waals surface area contributed by atoms with Gasteiger partial charge in [-0.2, -0.15) is 4.39 Å². The van der Waals surface area contributed by atoms with E-state index in [2.05, 4.69) is 0 Å². The molecule has 0 aromatic heterocycles. The van der Waals surface area contributed by atoms with E-state index in [1.807, 2.05) is 36.4 Å². The number of nitro benzene ring substituents is 2. The first-order valence-electron chi connectivity index (χ1n) is 5.52. The summed E-state index contributed by atoms with van der Waals surface area (Å²) >= 11 is 0. The maximum absolute atomic E-state index is 12.9.